The van der Waals surface area contributed by atoms with E-state index >= 15 is 0 Å². The number of nitriles is 1. The molecule has 5 nitrogen and oxygen atoms in total. The van der Waals surface area contributed by atoms with Crippen molar-refractivity contribution in [2.75, 3.05) is 21.2 Å². The van der Waals surface area contributed by atoms with Gasteiger partial charge in [0, 0.05) is 30.7 Å². The number of phenolic OH excluding ortho intramolecular Hbond substituents is 1. The number of hydrogen-bond donors (Lipinski definition) is 1. The molecule has 0 bridgehead atoms. The van der Waals surface area contributed by atoms with E-state index in [2.05, 4.69) is 0 Å². The Hall–Kier alpha value is -2.19. The van der Waals surface area contributed by atoms with Gasteiger partial charge in [-0.05, 0) is 12.1 Å². The van der Waals surface area contributed by atoms with Crippen molar-refractivity contribution in [1.29, 1.82) is 5.26 Å². The van der Waals surface area contributed by atoms with E-state index in [1.54, 1.807) is 6.07 Å². The molecule has 0 aromatic heterocycles. The fraction of sp³-hybridized carbons (Fsp3) is 0.231. The Morgan fingerprint density at radius 2 is 2.16 bits per heavy atom. The molecule has 1 amide bonds. The molecule has 6 heteroatoms. The molecule has 0 heterocycles. The van der Waals surface area contributed by atoms with Gasteiger partial charge in [0.1, 0.15) is 11.6 Å². The van der Waals surface area contributed by atoms with Crippen LogP contribution in [0.1, 0.15) is 5.56 Å². The first-order chi connectivity index (χ1) is 8.90. The Morgan fingerprint density at radius 1 is 1.53 bits per heavy atom. The maximum atomic E-state index is 11.7. The number of benzene rings is 1. The first-order valence-corrected chi connectivity index (χ1v) is 5.68. The van der Waals surface area contributed by atoms with Crippen LogP contribution < -0.4 is 4.74 Å². The van der Waals surface area contributed by atoms with Gasteiger partial charge in [-0.2, -0.15) is 5.26 Å². The van der Waals surface area contributed by atoms with Crippen molar-refractivity contribution >= 4 is 23.6 Å². The normalized spacial score (nSPS) is 10.8. The van der Waals surface area contributed by atoms with E-state index in [4.69, 9.17) is 21.6 Å². The van der Waals surface area contributed by atoms with Crippen molar-refractivity contribution in [1.82, 2.24) is 4.90 Å². The van der Waals surface area contributed by atoms with Crippen LogP contribution in [0.4, 0.5) is 0 Å². The maximum absolute atomic E-state index is 11.7. The second-order valence-corrected chi connectivity index (χ2v) is 4.35. The van der Waals surface area contributed by atoms with Crippen molar-refractivity contribution in [3.8, 4) is 17.6 Å². The molecule has 19 heavy (non-hydrogen) atoms. The van der Waals surface area contributed by atoms with Gasteiger partial charge < -0.3 is 14.7 Å². The number of amides is 1. The van der Waals surface area contributed by atoms with Crippen LogP contribution in [0.15, 0.2) is 17.7 Å². The molecule has 1 aromatic carbocycles. The number of ether oxygens (including phenoxy) is 1. The van der Waals surface area contributed by atoms with Crippen molar-refractivity contribution < 1.29 is 14.6 Å². The van der Waals surface area contributed by atoms with Crippen LogP contribution in [0.2, 0.25) is 5.02 Å². The molecule has 1 rings (SSSR count). The average Bonchev–Trinajstić information content (AvgIpc) is 2.38. The predicted octanol–water partition coefficient (Wildman–Crippen LogP) is 2.05. The quantitative estimate of drug-likeness (QED) is 0.679. The van der Waals surface area contributed by atoms with Crippen LogP contribution in [0.3, 0.4) is 0 Å². The minimum atomic E-state index is -0.458. The van der Waals surface area contributed by atoms with Crippen LogP contribution >= 0.6 is 11.6 Å². The van der Waals surface area contributed by atoms with Gasteiger partial charge in [0.25, 0.3) is 5.91 Å². The summed E-state index contributed by atoms with van der Waals surface area (Å²) in [7, 11) is 4.45. The zero-order valence-electron chi connectivity index (χ0n) is 10.8. The van der Waals surface area contributed by atoms with E-state index in [-0.39, 0.29) is 22.6 Å². The molecule has 1 N–H and O–H groups in total. The fourth-order valence-corrected chi connectivity index (χ4v) is 1.61. The van der Waals surface area contributed by atoms with Crippen molar-refractivity contribution in [2.45, 2.75) is 0 Å². The SMILES string of the molecule is COc1cc(Cl)cc(/C=C(/C#N)C(=O)N(C)C)c1O. The average molecular weight is 281 g/mol. The largest absolute Gasteiger partial charge is 0.504 e. The summed E-state index contributed by atoms with van der Waals surface area (Å²) in [6.45, 7) is 0. The van der Waals surface area contributed by atoms with Crippen molar-refractivity contribution in [3.05, 3.63) is 28.3 Å². The molecule has 0 fully saturated rings. The topological polar surface area (TPSA) is 73.6 Å². The lowest BCUT2D eigenvalue weighted by Crippen LogP contribution is -2.22. The van der Waals surface area contributed by atoms with E-state index in [0.29, 0.717) is 5.02 Å². The molecule has 0 aliphatic rings. The van der Waals surface area contributed by atoms with E-state index in [1.165, 1.54) is 44.3 Å². The van der Waals surface area contributed by atoms with Crippen LogP contribution in [0.25, 0.3) is 6.08 Å². The number of hydrogen-bond acceptors (Lipinski definition) is 4. The van der Waals surface area contributed by atoms with E-state index < -0.39 is 5.91 Å². The van der Waals surface area contributed by atoms with Crippen LogP contribution in [-0.2, 0) is 4.79 Å². The summed E-state index contributed by atoms with van der Waals surface area (Å²) < 4.78 is 4.95. The summed E-state index contributed by atoms with van der Waals surface area (Å²) in [4.78, 5) is 13.0. The molecular weight excluding hydrogens is 268 g/mol. The molecule has 0 saturated heterocycles. The highest BCUT2D eigenvalue weighted by atomic mass is 35.5. The van der Waals surface area contributed by atoms with Gasteiger partial charge in [0.2, 0.25) is 0 Å². The number of aromatic hydroxyl groups is 1. The third-order valence-electron chi connectivity index (χ3n) is 2.35. The smallest absolute Gasteiger partial charge is 0.264 e. The highest BCUT2D eigenvalue weighted by Gasteiger charge is 2.14. The predicted molar refractivity (Wildman–Crippen MR) is 72.0 cm³/mol. The van der Waals surface area contributed by atoms with Crippen molar-refractivity contribution in [2.24, 2.45) is 0 Å². The third-order valence-corrected chi connectivity index (χ3v) is 2.56. The zero-order valence-corrected chi connectivity index (χ0v) is 11.5. The minimum Gasteiger partial charge on any atom is -0.504 e. The molecule has 0 atom stereocenters. The number of methoxy groups -OCH3 is 1. The maximum Gasteiger partial charge on any atom is 0.264 e. The van der Waals surface area contributed by atoms with Gasteiger partial charge in [-0.1, -0.05) is 11.6 Å². The van der Waals surface area contributed by atoms with Gasteiger partial charge in [0.05, 0.1) is 7.11 Å². The minimum absolute atomic E-state index is 0.107. The van der Waals surface area contributed by atoms with Gasteiger partial charge in [-0.15, -0.1) is 0 Å². The van der Waals surface area contributed by atoms with Gasteiger partial charge in [-0.25, -0.2) is 0 Å². The lowest BCUT2D eigenvalue weighted by atomic mass is 10.1. The monoisotopic (exact) mass is 280 g/mol. The standard InChI is InChI=1S/C13H13ClN2O3/c1-16(2)13(18)9(7-15)4-8-5-10(14)6-11(19-3)12(8)17/h4-6,17H,1-3H3/b9-4-. The number of rotatable bonds is 3. The highest BCUT2D eigenvalue weighted by molar-refractivity contribution is 6.31. The summed E-state index contributed by atoms with van der Waals surface area (Å²) in [5, 5.41) is 19.2. The molecule has 0 aliphatic heterocycles. The van der Waals surface area contributed by atoms with Gasteiger partial charge >= 0.3 is 0 Å². The number of carbonyl (C=O) groups excluding carboxylic acids is 1. The number of nitrogens with zero attached hydrogens (tertiary/aromatic N) is 2. The number of likely N-dealkylation sites (N-methyl/N-ethyl adjacent to an activating group) is 1. The fourth-order valence-electron chi connectivity index (χ4n) is 1.40. The Bertz CT molecular complexity index is 574. The second kappa shape index (κ2) is 6.12. The summed E-state index contributed by atoms with van der Waals surface area (Å²) in [5.74, 6) is -0.458. The Balaban J connectivity index is 3.35. The Morgan fingerprint density at radius 3 is 2.63 bits per heavy atom. The van der Waals surface area contributed by atoms with E-state index in [0.717, 1.165) is 0 Å². The number of carbonyl (C=O) groups is 1. The number of phenols is 1. The summed E-state index contributed by atoms with van der Waals surface area (Å²) in [6.07, 6.45) is 1.27. The molecule has 0 aliphatic carbocycles. The first-order valence-electron chi connectivity index (χ1n) is 5.30. The summed E-state index contributed by atoms with van der Waals surface area (Å²) >= 11 is 5.87. The number of halogens is 1. The van der Waals surface area contributed by atoms with Crippen LogP contribution in [0, 0.1) is 11.3 Å². The first kappa shape index (κ1) is 14.9. The van der Waals surface area contributed by atoms with Crippen LogP contribution in [-0.4, -0.2) is 37.1 Å². The lowest BCUT2D eigenvalue weighted by Gasteiger charge is -2.10. The van der Waals surface area contributed by atoms with Gasteiger partial charge in [-0.3, -0.25) is 4.79 Å². The third kappa shape index (κ3) is 3.39. The Kier molecular flexibility index (Phi) is 4.79. The van der Waals surface area contributed by atoms with E-state index in [9.17, 15) is 9.90 Å². The lowest BCUT2D eigenvalue weighted by molar-refractivity contribution is -0.124. The Labute approximate surface area is 116 Å². The molecule has 100 valence electrons. The van der Waals surface area contributed by atoms with E-state index in [1.807, 2.05) is 0 Å². The summed E-state index contributed by atoms with van der Waals surface area (Å²) in [6, 6.07) is 4.67. The molecule has 0 unspecified atom stereocenters. The van der Waals surface area contributed by atoms with Crippen molar-refractivity contribution in [3.63, 3.8) is 0 Å². The highest BCUT2D eigenvalue weighted by Crippen LogP contribution is 2.34. The molecule has 0 spiro atoms. The molecular formula is C13H13ClN2O3. The molecule has 1 aromatic rings. The summed E-state index contributed by atoms with van der Waals surface area (Å²) in [5.41, 5.74) is 0.140. The van der Waals surface area contributed by atoms with Gasteiger partial charge in [0.15, 0.2) is 11.5 Å². The van der Waals surface area contributed by atoms with Crippen LogP contribution in [0.5, 0.6) is 11.5 Å². The zero-order chi connectivity index (χ0) is 14.6. The second-order valence-electron chi connectivity index (χ2n) is 3.92. The molecule has 0 saturated carbocycles. The molecule has 0 radical (unpaired) electrons.